The molecule has 0 bridgehead atoms. The van der Waals surface area contributed by atoms with Crippen molar-refractivity contribution in [3.05, 3.63) is 30.9 Å². The molecule has 6 nitrogen and oxygen atoms in total. The Balaban J connectivity index is 1.77. The first-order valence-electron chi connectivity index (χ1n) is 7.34. The fourth-order valence-corrected chi connectivity index (χ4v) is 4.11. The zero-order valence-corrected chi connectivity index (χ0v) is 13.2. The first-order chi connectivity index (χ1) is 10.6. The molecule has 3 rings (SSSR count). The Morgan fingerprint density at radius 1 is 1.09 bits per heavy atom. The van der Waals surface area contributed by atoms with Gasteiger partial charge >= 0.3 is 0 Å². The molecular weight excluding hydrogens is 304 g/mol. The molecule has 1 saturated heterocycles. The number of hydrogen-bond acceptors (Lipinski definition) is 5. The van der Waals surface area contributed by atoms with Gasteiger partial charge < -0.3 is 9.47 Å². The lowest BCUT2D eigenvalue weighted by Crippen LogP contribution is -2.48. The summed E-state index contributed by atoms with van der Waals surface area (Å²) in [7, 11) is -3.49. The van der Waals surface area contributed by atoms with Crippen LogP contribution < -0.4 is 9.47 Å². The van der Waals surface area contributed by atoms with E-state index in [2.05, 4.69) is 11.5 Å². The molecule has 120 valence electrons. The molecule has 0 unspecified atom stereocenters. The summed E-state index contributed by atoms with van der Waals surface area (Å²) in [5, 5.41) is 0. The molecular formula is C15H20N2O4S. The molecule has 1 aromatic rings. The third-order valence-electron chi connectivity index (χ3n) is 3.87. The molecule has 22 heavy (non-hydrogen) atoms. The van der Waals surface area contributed by atoms with E-state index in [-0.39, 0.29) is 4.90 Å². The highest BCUT2D eigenvalue weighted by Crippen LogP contribution is 2.33. The topological polar surface area (TPSA) is 59.1 Å². The summed E-state index contributed by atoms with van der Waals surface area (Å²) >= 11 is 0. The van der Waals surface area contributed by atoms with Crippen LogP contribution in [0.25, 0.3) is 0 Å². The highest BCUT2D eigenvalue weighted by Gasteiger charge is 2.29. The van der Waals surface area contributed by atoms with Crippen LogP contribution in [0.4, 0.5) is 0 Å². The van der Waals surface area contributed by atoms with Crippen molar-refractivity contribution in [2.75, 3.05) is 45.9 Å². The van der Waals surface area contributed by atoms with Gasteiger partial charge in [0.2, 0.25) is 10.0 Å². The third kappa shape index (κ3) is 2.97. The maximum Gasteiger partial charge on any atom is 0.243 e. The van der Waals surface area contributed by atoms with Gasteiger partial charge in [0.05, 0.1) is 4.90 Å². The summed E-state index contributed by atoms with van der Waals surface area (Å²) in [6.07, 6.45) is 1.84. The van der Waals surface area contributed by atoms with E-state index < -0.39 is 10.0 Å². The molecule has 2 aliphatic rings. The number of sulfonamides is 1. The van der Waals surface area contributed by atoms with E-state index in [1.807, 2.05) is 6.08 Å². The van der Waals surface area contributed by atoms with Crippen molar-refractivity contribution >= 4 is 10.0 Å². The monoisotopic (exact) mass is 324 g/mol. The molecule has 0 aliphatic carbocycles. The van der Waals surface area contributed by atoms with Crippen LogP contribution in [0.15, 0.2) is 35.7 Å². The van der Waals surface area contributed by atoms with E-state index in [0.29, 0.717) is 37.8 Å². The molecule has 7 heteroatoms. The summed E-state index contributed by atoms with van der Waals surface area (Å²) in [5.41, 5.74) is 0. The predicted octanol–water partition coefficient (Wildman–Crippen LogP) is 0.950. The Kier molecular flexibility index (Phi) is 4.37. The van der Waals surface area contributed by atoms with Crippen LogP contribution in [-0.4, -0.2) is 63.6 Å². The number of hydrogen-bond donors (Lipinski definition) is 0. The Bertz CT molecular complexity index is 652. The average molecular weight is 324 g/mol. The molecule has 0 saturated carbocycles. The number of fused-ring (bicyclic) bond motifs is 1. The van der Waals surface area contributed by atoms with Crippen LogP contribution in [-0.2, 0) is 10.0 Å². The summed E-state index contributed by atoms with van der Waals surface area (Å²) in [5.74, 6) is 1.10. The molecule has 1 fully saturated rings. The summed E-state index contributed by atoms with van der Waals surface area (Å²) in [6, 6.07) is 4.80. The minimum atomic E-state index is -3.49. The van der Waals surface area contributed by atoms with Crippen molar-refractivity contribution in [3.63, 3.8) is 0 Å². The first kappa shape index (κ1) is 15.3. The predicted molar refractivity (Wildman–Crippen MR) is 82.8 cm³/mol. The Hall–Kier alpha value is -1.57. The molecule has 0 atom stereocenters. The van der Waals surface area contributed by atoms with Crippen molar-refractivity contribution in [2.45, 2.75) is 4.90 Å². The molecule has 0 N–H and O–H groups in total. The van der Waals surface area contributed by atoms with E-state index in [0.717, 1.165) is 19.6 Å². The van der Waals surface area contributed by atoms with Gasteiger partial charge in [0.25, 0.3) is 0 Å². The van der Waals surface area contributed by atoms with Gasteiger partial charge in [0.1, 0.15) is 13.2 Å². The van der Waals surface area contributed by atoms with E-state index in [1.54, 1.807) is 18.2 Å². The molecule has 2 aliphatic heterocycles. The minimum absolute atomic E-state index is 0.258. The number of piperazine rings is 1. The average Bonchev–Trinajstić information content (AvgIpc) is 2.55. The second-order valence-corrected chi connectivity index (χ2v) is 7.24. The van der Waals surface area contributed by atoms with E-state index in [9.17, 15) is 8.42 Å². The SMILES string of the molecule is C=CCN1CCN(S(=O)(=O)c2ccc3c(c2)OCCO3)CC1. The maximum absolute atomic E-state index is 12.7. The standard InChI is InChI=1S/C15H20N2O4S/c1-2-5-16-6-8-17(9-7-16)22(18,19)13-3-4-14-15(12-13)21-11-10-20-14/h2-4,12H,1,5-11H2. The van der Waals surface area contributed by atoms with Gasteiger partial charge in [0.15, 0.2) is 11.5 Å². The second kappa shape index (κ2) is 6.28. The molecule has 0 aromatic heterocycles. The van der Waals surface area contributed by atoms with Crippen LogP contribution in [0, 0.1) is 0 Å². The van der Waals surface area contributed by atoms with Gasteiger partial charge in [0, 0.05) is 38.8 Å². The third-order valence-corrected chi connectivity index (χ3v) is 5.76. The number of rotatable bonds is 4. The maximum atomic E-state index is 12.7. The zero-order valence-electron chi connectivity index (χ0n) is 12.4. The fourth-order valence-electron chi connectivity index (χ4n) is 2.67. The lowest BCUT2D eigenvalue weighted by molar-refractivity contribution is 0.171. The van der Waals surface area contributed by atoms with Crippen LogP contribution in [0.3, 0.4) is 0 Å². The normalized spacial score (nSPS) is 19.8. The largest absolute Gasteiger partial charge is 0.486 e. The molecule has 0 amide bonds. The fraction of sp³-hybridized carbons (Fsp3) is 0.467. The number of nitrogens with zero attached hydrogens (tertiary/aromatic N) is 2. The lowest BCUT2D eigenvalue weighted by Gasteiger charge is -2.33. The number of ether oxygens (including phenoxy) is 2. The quantitative estimate of drug-likeness (QED) is 0.772. The highest BCUT2D eigenvalue weighted by atomic mass is 32.2. The van der Waals surface area contributed by atoms with Gasteiger partial charge in [-0.1, -0.05) is 6.08 Å². The van der Waals surface area contributed by atoms with E-state index >= 15 is 0 Å². The Labute approximate surface area is 131 Å². The molecule has 2 heterocycles. The van der Waals surface area contributed by atoms with Crippen LogP contribution in [0.1, 0.15) is 0 Å². The number of benzene rings is 1. The molecule has 0 radical (unpaired) electrons. The summed E-state index contributed by atoms with van der Waals surface area (Å²) < 4.78 is 37.9. The lowest BCUT2D eigenvalue weighted by atomic mass is 10.3. The van der Waals surface area contributed by atoms with Gasteiger partial charge in [-0.3, -0.25) is 4.90 Å². The van der Waals surface area contributed by atoms with Gasteiger partial charge in [-0.05, 0) is 12.1 Å². The zero-order chi connectivity index (χ0) is 15.6. The van der Waals surface area contributed by atoms with Crippen LogP contribution in [0.5, 0.6) is 11.5 Å². The van der Waals surface area contributed by atoms with Crippen molar-refractivity contribution in [2.24, 2.45) is 0 Å². The van der Waals surface area contributed by atoms with Crippen LogP contribution in [0.2, 0.25) is 0 Å². The van der Waals surface area contributed by atoms with E-state index in [1.165, 1.54) is 4.31 Å². The van der Waals surface area contributed by atoms with Gasteiger partial charge in [-0.25, -0.2) is 8.42 Å². The molecule has 0 spiro atoms. The van der Waals surface area contributed by atoms with Crippen molar-refractivity contribution < 1.29 is 17.9 Å². The Morgan fingerprint density at radius 3 is 2.45 bits per heavy atom. The first-order valence-corrected chi connectivity index (χ1v) is 8.78. The smallest absolute Gasteiger partial charge is 0.243 e. The van der Waals surface area contributed by atoms with E-state index in [4.69, 9.17) is 9.47 Å². The van der Waals surface area contributed by atoms with Gasteiger partial charge in [-0.2, -0.15) is 4.31 Å². The second-order valence-electron chi connectivity index (χ2n) is 5.30. The Morgan fingerprint density at radius 2 is 1.77 bits per heavy atom. The van der Waals surface area contributed by atoms with Crippen LogP contribution >= 0.6 is 0 Å². The van der Waals surface area contributed by atoms with Gasteiger partial charge in [-0.15, -0.1) is 6.58 Å². The molecule has 1 aromatic carbocycles. The van der Waals surface area contributed by atoms with Crippen molar-refractivity contribution in [1.82, 2.24) is 9.21 Å². The summed E-state index contributed by atoms with van der Waals surface area (Å²) in [4.78, 5) is 2.44. The summed E-state index contributed by atoms with van der Waals surface area (Å²) in [6.45, 7) is 7.85. The minimum Gasteiger partial charge on any atom is -0.486 e. The van der Waals surface area contributed by atoms with Crippen molar-refractivity contribution in [1.29, 1.82) is 0 Å². The highest BCUT2D eigenvalue weighted by molar-refractivity contribution is 7.89. The van der Waals surface area contributed by atoms with Crippen molar-refractivity contribution in [3.8, 4) is 11.5 Å².